The molecule has 3 fully saturated rings. The summed E-state index contributed by atoms with van der Waals surface area (Å²) in [6.45, 7) is 10.6. The van der Waals surface area contributed by atoms with Crippen LogP contribution in [-0.4, -0.2) is 62.2 Å². The fourth-order valence-electron chi connectivity index (χ4n) is 4.44. The Bertz CT molecular complexity index is 1180. The predicted molar refractivity (Wildman–Crippen MR) is 133 cm³/mol. The van der Waals surface area contributed by atoms with E-state index in [1.165, 1.54) is 0 Å². The summed E-state index contributed by atoms with van der Waals surface area (Å²) in [5.74, 6) is 1.44. The number of hydrogen-bond donors (Lipinski definition) is 2. The van der Waals surface area contributed by atoms with Crippen LogP contribution in [0.25, 0.3) is 17.0 Å². The molecule has 3 saturated heterocycles. The topological polar surface area (TPSA) is 83.9 Å². The molecule has 8 nitrogen and oxygen atoms in total. The number of aliphatic imine (C=N–C) groups is 1. The lowest BCUT2D eigenvalue weighted by Gasteiger charge is -2.48. The van der Waals surface area contributed by atoms with Gasteiger partial charge in [0.15, 0.2) is 0 Å². The van der Waals surface area contributed by atoms with Crippen LogP contribution in [-0.2, 0) is 4.74 Å². The number of piperidine rings is 1. The van der Waals surface area contributed by atoms with Crippen molar-refractivity contribution in [1.82, 2.24) is 15.3 Å². The third-order valence-electron chi connectivity index (χ3n) is 6.10. The van der Waals surface area contributed by atoms with Gasteiger partial charge in [0, 0.05) is 49.1 Å². The van der Waals surface area contributed by atoms with E-state index in [2.05, 4.69) is 55.9 Å². The minimum atomic E-state index is 0.322. The van der Waals surface area contributed by atoms with Crippen LogP contribution in [0.5, 0.6) is 5.75 Å². The average molecular weight is 445 g/mol. The third-order valence-corrected chi connectivity index (χ3v) is 6.10. The molecule has 1 aromatic heterocycles. The van der Waals surface area contributed by atoms with Gasteiger partial charge in [-0.25, -0.2) is 9.97 Å². The van der Waals surface area contributed by atoms with Crippen molar-refractivity contribution in [2.45, 2.75) is 18.6 Å². The first kappa shape index (κ1) is 21.4. The Morgan fingerprint density at radius 3 is 2.79 bits per heavy atom. The van der Waals surface area contributed by atoms with Crippen LogP contribution in [0.15, 0.2) is 48.2 Å². The van der Waals surface area contributed by atoms with Crippen LogP contribution in [0.4, 0.5) is 22.9 Å². The quantitative estimate of drug-likeness (QED) is 0.382. The number of nitrogens with zero attached hydrogens (tertiary/aromatic N) is 4. The van der Waals surface area contributed by atoms with Gasteiger partial charge in [-0.2, -0.15) is 0 Å². The van der Waals surface area contributed by atoms with E-state index in [0.29, 0.717) is 24.6 Å². The number of anilines is 3. The molecule has 2 N–H and O–H groups in total. The maximum Gasteiger partial charge on any atom is 0.145 e. The zero-order chi connectivity index (χ0) is 22.8. The lowest BCUT2D eigenvalue weighted by atomic mass is 9.98. The van der Waals surface area contributed by atoms with Gasteiger partial charge >= 0.3 is 0 Å². The maximum absolute atomic E-state index is 6.21. The molecule has 2 unspecified atom stereocenters. The van der Waals surface area contributed by atoms with Gasteiger partial charge in [-0.15, -0.1) is 0 Å². The highest BCUT2D eigenvalue weighted by molar-refractivity contribution is 5.98. The Morgan fingerprint density at radius 1 is 1.24 bits per heavy atom. The number of nitrogens with one attached hydrogen (secondary N) is 2. The van der Waals surface area contributed by atoms with Crippen LogP contribution >= 0.6 is 0 Å². The summed E-state index contributed by atoms with van der Waals surface area (Å²) in [6.07, 6.45) is 5.14. The van der Waals surface area contributed by atoms with Gasteiger partial charge < -0.3 is 25.0 Å². The van der Waals surface area contributed by atoms with Crippen LogP contribution in [0.1, 0.15) is 12.0 Å². The van der Waals surface area contributed by atoms with E-state index in [4.69, 9.17) is 9.47 Å². The molecular weight excluding hydrogens is 416 g/mol. The molecule has 0 amide bonds. The highest BCUT2D eigenvalue weighted by Gasteiger charge is 2.38. The van der Waals surface area contributed by atoms with Crippen molar-refractivity contribution < 1.29 is 9.47 Å². The number of ether oxygens (including phenoxy) is 2. The van der Waals surface area contributed by atoms with E-state index in [0.717, 1.165) is 65.3 Å². The van der Waals surface area contributed by atoms with Crippen molar-refractivity contribution in [3.05, 3.63) is 48.8 Å². The molecule has 3 aromatic rings. The molecule has 3 aliphatic heterocycles. The molecule has 33 heavy (non-hydrogen) atoms. The van der Waals surface area contributed by atoms with Gasteiger partial charge in [0.2, 0.25) is 0 Å². The first-order valence-electron chi connectivity index (χ1n) is 11.1. The number of likely N-dealkylation sites (N-methyl/N-ethyl adjacent to an activating group) is 1. The van der Waals surface area contributed by atoms with Crippen LogP contribution in [0.3, 0.4) is 0 Å². The van der Waals surface area contributed by atoms with Gasteiger partial charge in [-0.1, -0.05) is 12.7 Å². The van der Waals surface area contributed by atoms with Crippen LogP contribution in [0.2, 0.25) is 0 Å². The maximum atomic E-state index is 6.21. The fourth-order valence-corrected chi connectivity index (χ4v) is 4.44. The van der Waals surface area contributed by atoms with E-state index in [1.807, 2.05) is 25.2 Å². The molecule has 2 atom stereocenters. The Balaban J connectivity index is 1.53. The smallest absolute Gasteiger partial charge is 0.145 e. The number of benzene rings is 2. The van der Waals surface area contributed by atoms with Crippen molar-refractivity contribution >= 4 is 46.6 Å². The summed E-state index contributed by atoms with van der Waals surface area (Å²) in [4.78, 5) is 15.5. The van der Waals surface area contributed by atoms with Crippen LogP contribution in [0, 0.1) is 0 Å². The van der Waals surface area contributed by atoms with Crippen molar-refractivity contribution in [3.63, 3.8) is 0 Å². The van der Waals surface area contributed by atoms with E-state index < -0.39 is 0 Å². The number of hydrogen-bond acceptors (Lipinski definition) is 8. The lowest BCUT2D eigenvalue weighted by molar-refractivity contribution is -0.133. The van der Waals surface area contributed by atoms with Crippen molar-refractivity contribution in [3.8, 4) is 5.75 Å². The third kappa shape index (κ3) is 4.27. The minimum absolute atomic E-state index is 0.322. The molecule has 4 heterocycles. The molecule has 0 spiro atoms. The highest BCUT2D eigenvalue weighted by Crippen LogP contribution is 2.39. The molecule has 0 saturated carbocycles. The van der Waals surface area contributed by atoms with Gasteiger partial charge in [-0.05, 0) is 38.0 Å². The second-order valence-electron chi connectivity index (χ2n) is 8.29. The van der Waals surface area contributed by atoms with E-state index in [1.54, 1.807) is 12.4 Å². The number of fused-ring (bicyclic) bond motifs is 3. The van der Waals surface area contributed by atoms with Crippen LogP contribution < -0.4 is 20.3 Å². The summed E-state index contributed by atoms with van der Waals surface area (Å²) < 4.78 is 12.0. The van der Waals surface area contributed by atoms with E-state index in [-0.39, 0.29) is 0 Å². The van der Waals surface area contributed by atoms with Gasteiger partial charge in [0.1, 0.15) is 24.5 Å². The molecule has 0 aliphatic carbocycles. The second kappa shape index (κ2) is 9.17. The Kier molecular flexibility index (Phi) is 5.93. The summed E-state index contributed by atoms with van der Waals surface area (Å²) in [5, 5.41) is 7.41. The Hall–Kier alpha value is -3.49. The standard InChI is InChI=1S/C25H28N6O2/c1-4-16-9-17(5-6-21(16)27-3)30-25-24-22(28-15-29-25)10-18(11-23(24)32-8-7-26-2)31-13-19-12-20(14-31)33-19/h4-6,9-11,15,19-20,26H,1,3,7-8,12-14H2,2H3,(H,28,29,30). The van der Waals surface area contributed by atoms with Crippen molar-refractivity contribution in [1.29, 1.82) is 0 Å². The van der Waals surface area contributed by atoms with Gasteiger partial charge in [-0.3, -0.25) is 4.99 Å². The zero-order valence-electron chi connectivity index (χ0n) is 18.8. The molecule has 3 aliphatic rings. The Labute approximate surface area is 193 Å². The molecule has 0 radical (unpaired) electrons. The lowest BCUT2D eigenvalue weighted by Crippen LogP contribution is -2.57. The minimum Gasteiger partial charge on any atom is -0.491 e. The SMILES string of the molecule is C=Cc1cc(Nc2ncnc3cc(N4CC5CC(C4)O5)cc(OCCNC)c23)ccc1N=C. The molecule has 8 heteroatoms. The van der Waals surface area contributed by atoms with E-state index in [9.17, 15) is 0 Å². The Morgan fingerprint density at radius 2 is 2.06 bits per heavy atom. The zero-order valence-corrected chi connectivity index (χ0v) is 18.8. The monoisotopic (exact) mass is 444 g/mol. The number of aromatic nitrogens is 2. The first-order chi connectivity index (χ1) is 16.2. The molecule has 2 aromatic carbocycles. The first-order valence-corrected chi connectivity index (χ1v) is 11.1. The summed E-state index contributed by atoms with van der Waals surface area (Å²) in [5.41, 5.74) is 4.48. The summed E-state index contributed by atoms with van der Waals surface area (Å²) >= 11 is 0. The highest BCUT2D eigenvalue weighted by atomic mass is 16.5. The van der Waals surface area contributed by atoms with Gasteiger partial charge in [0.25, 0.3) is 0 Å². The molecule has 2 bridgehead atoms. The average Bonchev–Trinajstić information content (AvgIpc) is 2.83. The summed E-state index contributed by atoms with van der Waals surface area (Å²) in [7, 11) is 1.91. The normalized spacial score (nSPS) is 19.1. The number of morpholine rings is 1. The summed E-state index contributed by atoms with van der Waals surface area (Å²) in [6, 6.07) is 10.0. The molecular formula is C25H28N6O2. The van der Waals surface area contributed by atoms with Crippen molar-refractivity contribution in [2.75, 3.05) is 43.5 Å². The van der Waals surface area contributed by atoms with E-state index >= 15 is 0 Å². The fraction of sp³-hybridized carbons (Fsp3) is 0.320. The predicted octanol–water partition coefficient (Wildman–Crippen LogP) is 3.92. The van der Waals surface area contributed by atoms with Crippen molar-refractivity contribution in [2.24, 2.45) is 4.99 Å². The molecule has 170 valence electrons. The van der Waals surface area contributed by atoms with Gasteiger partial charge in [0.05, 0.1) is 28.8 Å². The second-order valence-corrected chi connectivity index (χ2v) is 8.29. The molecule has 6 rings (SSSR count). The largest absolute Gasteiger partial charge is 0.491 e. The number of rotatable bonds is 9.